The third-order valence-corrected chi connectivity index (χ3v) is 3.92. The van der Waals surface area contributed by atoms with Gasteiger partial charge in [0.15, 0.2) is 5.60 Å². The fraction of sp³-hybridized carbons (Fsp3) is 0.909. The molecule has 0 aromatic rings. The van der Waals surface area contributed by atoms with Gasteiger partial charge in [0.1, 0.15) is 5.72 Å². The van der Waals surface area contributed by atoms with Gasteiger partial charge in [-0.15, -0.1) is 0 Å². The predicted octanol–water partition coefficient (Wildman–Crippen LogP) is 0.366. The minimum absolute atomic E-state index is 0.121. The second kappa shape index (κ2) is 4.32. The van der Waals surface area contributed by atoms with E-state index in [1.165, 1.54) is 4.90 Å². The largest absolute Gasteiger partial charge is 0.417 e. The van der Waals surface area contributed by atoms with Crippen molar-refractivity contribution in [3.05, 3.63) is 0 Å². The molecule has 110 valence electrons. The molecule has 2 rings (SSSR count). The molecule has 19 heavy (non-hydrogen) atoms. The summed E-state index contributed by atoms with van der Waals surface area (Å²) in [6.45, 7) is 1.92. The SMILES string of the molecule is CC[C@@]12C[C@](O)(C(F)(F)F)CC(=O)N1C[C@H](CN)O2. The molecular formula is C11H17F3N2O3. The molecule has 2 fully saturated rings. The lowest BCUT2D eigenvalue weighted by atomic mass is 9.82. The number of nitrogens with two attached hydrogens (primary N) is 1. The number of hydrogen-bond donors (Lipinski definition) is 2. The number of piperidine rings is 1. The molecule has 0 unspecified atom stereocenters. The van der Waals surface area contributed by atoms with Crippen LogP contribution in [0.25, 0.3) is 0 Å². The zero-order chi connectivity index (χ0) is 14.5. The Kier molecular flexibility index (Phi) is 3.31. The summed E-state index contributed by atoms with van der Waals surface area (Å²) in [5, 5.41) is 9.80. The maximum absolute atomic E-state index is 12.9. The van der Waals surface area contributed by atoms with Gasteiger partial charge in [-0.2, -0.15) is 13.2 Å². The highest BCUT2D eigenvalue weighted by molar-refractivity contribution is 5.79. The lowest BCUT2D eigenvalue weighted by Gasteiger charge is -2.47. The van der Waals surface area contributed by atoms with E-state index < -0.39 is 42.4 Å². The number of nitrogens with zero attached hydrogens (tertiary/aromatic N) is 1. The summed E-state index contributed by atoms with van der Waals surface area (Å²) in [4.78, 5) is 13.2. The van der Waals surface area contributed by atoms with Crippen molar-refractivity contribution in [1.82, 2.24) is 4.90 Å². The molecule has 2 aliphatic rings. The molecular weight excluding hydrogens is 265 g/mol. The highest BCUT2D eigenvalue weighted by Crippen LogP contribution is 2.48. The van der Waals surface area contributed by atoms with Gasteiger partial charge < -0.3 is 20.5 Å². The van der Waals surface area contributed by atoms with Crippen LogP contribution in [0.1, 0.15) is 26.2 Å². The number of fused-ring (bicyclic) bond motifs is 1. The van der Waals surface area contributed by atoms with E-state index in [9.17, 15) is 23.1 Å². The first-order chi connectivity index (χ1) is 8.67. The summed E-state index contributed by atoms with van der Waals surface area (Å²) in [5.74, 6) is -0.746. The van der Waals surface area contributed by atoms with E-state index in [0.717, 1.165) is 0 Å². The van der Waals surface area contributed by atoms with Crippen molar-refractivity contribution >= 4 is 5.91 Å². The molecule has 2 saturated heterocycles. The van der Waals surface area contributed by atoms with Gasteiger partial charge in [-0.3, -0.25) is 4.79 Å². The molecule has 0 bridgehead atoms. The zero-order valence-corrected chi connectivity index (χ0v) is 10.5. The standard InChI is InChI=1S/C11H17F3N2O3/c1-2-10-6-9(18,11(12,13)14)3-8(17)16(10)5-7(4-15)19-10/h7,18H,2-6,15H2,1H3/t7-,9-,10+/m0/s1. The number of aliphatic hydroxyl groups is 1. The van der Waals surface area contributed by atoms with Crippen LogP contribution in [0.5, 0.6) is 0 Å². The Hall–Kier alpha value is -0.860. The van der Waals surface area contributed by atoms with E-state index in [1.54, 1.807) is 6.92 Å². The monoisotopic (exact) mass is 282 g/mol. The van der Waals surface area contributed by atoms with Crippen LogP contribution in [0, 0.1) is 0 Å². The molecule has 8 heteroatoms. The Bertz CT molecular complexity index is 390. The van der Waals surface area contributed by atoms with Crippen LogP contribution in [0.15, 0.2) is 0 Å². The minimum Gasteiger partial charge on any atom is -0.380 e. The number of rotatable bonds is 2. The van der Waals surface area contributed by atoms with Gasteiger partial charge >= 0.3 is 6.18 Å². The summed E-state index contributed by atoms with van der Waals surface area (Å²) in [6, 6.07) is 0. The minimum atomic E-state index is -4.86. The van der Waals surface area contributed by atoms with Crippen molar-refractivity contribution in [1.29, 1.82) is 0 Å². The Balaban J connectivity index is 2.35. The third kappa shape index (κ3) is 2.11. The Morgan fingerprint density at radius 1 is 1.58 bits per heavy atom. The molecule has 0 saturated carbocycles. The van der Waals surface area contributed by atoms with Crippen LogP contribution >= 0.6 is 0 Å². The molecule has 0 spiro atoms. The summed E-state index contributed by atoms with van der Waals surface area (Å²) in [7, 11) is 0. The first-order valence-electron chi connectivity index (χ1n) is 6.15. The van der Waals surface area contributed by atoms with E-state index in [0.29, 0.717) is 0 Å². The Morgan fingerprint density at radius 3 is 2.68 bits per heavy atom. The highest BCUT2D eigenvalue weighted by Gasteiger charge is 2.65. The summed E-state index contributed by atoms with van der Waals surface area (Å²) in [6.07, 6.45) is -6.80. The zero-order valence-electron chi connectivity index (χ0n) is 10.5. The molecule has 0 aromatic carbocycles. The number of halogens is 3. The van der Waals surface area contributed by atoms with E-state index in [-0.39, 0.29) is 19.5 Å². The van der Waals surface area contributed by atoms with E-state index in [1.807, 2.05) is 0 Å². The lowest BCUT2D eigenvalue weighted by molar-refractivity contribution is -0.296. The summed E-state index contributed by atoms with van der Waals surface area (Å²) < 4.78 is 44.4. The van der Waals surface area contributed by atoms with Crippen molar-refractivity contribution in [3.8, 4) is 0 Å². The van der Waals surface area contributed by atoms with Crippen LogP contribution < -0.4 is 5.73 Å². The second-order valence-corrected chi connectivity index (χ2v) is 5.16. The van der Waals surface area contributed by atoms with Crippen LogP contribution in [-0.2, 0) is 9.53 Å². The van der Waals surface area contributed by atoms with Crippen molar-refractivity contribution in [3.63, 3.8) is 0 Å². The van der Waals surface area contributed by atoms with E-state index in [2.05, 4.69) is 0 Å². The van der Waals surface area contributed by atoms with E-state index >= 15 is 0 Å². The van der Waals surface area contributed by atoms with Crippen molar-refractivity contribution in [2.75, 3.05) is 13.1 Å². The van der Waals surface area contributed by atoms with Crippen molar-refractivity contribution in [2.24, 2.45) is 5.73 Å². The average molecular weight is 282 g/mol. The van der Waals surface area contributed by atoms with Crippen LogP contribution in [0.4, 0.5) is 13.2 Å². The fourth-order valence-electron chi connectivity index (χ4n) is 2.83. The number of carbonyl (C=O) groups excluding carboxylic acids is 1. The van der Waals surface area contributed by atoms with Gasteiger partial charge in [-0.25, -0.2) is 0 Å². The van der Waals surface area contributed by atoms with Crippen LogP contribution in [0.2, 0.25) is 0 Å². The maximum atomic E-state index is 12.9. The first-order valence-corrected chi connectivity index (χ1v) is 6.15. The predicted molar refractivity (Wildman–Crippen MR) is 58.9 cm³/mol. The number of carbonyl (C=O) groups is 1. The molecule has 0 radical (unpaired) electrons. The fourth-order valence-corrected chi connectivity index (χ4v) is 2.83. The molecule has 1 amide bonds. The van der Waals surface area contributed by atoms with Crippen molar-refractivity contribution < 1.29 is 27.8 Å². The Labute approximate surface area is 108 Å². The molecule has 3 N–H and O–H groups in total. The van der Waals surface area contributed by atoms with Crippen LogP contribution in [0.3, 0.4) is 0 Å². The maximum Gasteiger partial charge on any atom is 0.417 e. The molecule has 2 aliphatic heterocycles. The van der Waals surface area contributed by atoms with Gasteiger partial charge in [0.25, 0.3) is 0 Å². The quantitative estimate of drug-likeness (QED) is 0.767. The topological polar surface area (TPSA) is 75.8 Å². The van der Waals surface area contributed by atoms with Gasteiger partial charge in [-0.05, 0) is 6.42 Å². The van der Waals surface area contributed by atoms with Gasteiger partial charge in [0.05, 0.1) is 19.1 Å². The molecule has 2 heterocycles. The van der Waals surface area contributed by atoms with E-state index in [4.69, 9.17) is 10.5 Å². The van der Waals surface area contributed by atoms with Gasteiger partial charge in [0, 0.05) is 13.0 Å². The molecule has 0 aliphatic carbocycles. The average Bonchev–Trinajstić information content (AvgIpc) is 2.67. The second-order valence-electron chi connectivity index (χ2n) is 5.16. The normalized spacial score (nSPS) is 39.6. The van der Waals surface area contributed by atoms with Gasteiger partial charge in [0.2, 0.25) is 5.91 Å². The highest BCUT2D eigenvalue weighted by atomic mass is 19.4. The Morgan fingerprint density at radius 2 is 2.21 bits per heavy atom. The number of amides is 1. The molecule has 3 atom stereocenters. The van der Waals surface area contributed by atoms with Crippen LogP contribution in [-0.4, -0.2) is 52.6 Å². The number of ether oxygens (including phenoxy) is 1. The molecule has 0 aromatic heterocycles. The molecule has 5 nitrogen and oxygen atoms in total. The first kappa shape index (κ1) is 14.5. The van der Waals surface area contributed by atoms with Crippen molar-refractivity contribution in [2.45, 2.75) is 49.8 Å². The summed E-state index contributed by atoms with van der Waals surface area (Å²) >= 11 is 0. The van der Waals surface area contributed by atoms with Gasteiger partial charge in [-0.1, -0.05) is 6.92 Å². The number of hydrogen-bond acceptors (Lipinski definition) is 4. The lowest BCUT2D eigenvalue weighted by Crippen LogP contribution is -2.63. The smallest absolute Gasteiger partial charge is 0.380 e. The number of alkyl halides is 3. The third-order valence-electron chi connectivity index (χ3n) is 3.92. The summed E-state index contributed by atoms with van der Waals surface area (Å²) in [5.41, 5.74) is 1.03.